The molecule has 36 heavy (non-hydrogen) atoms. The minimum atomic E-state index is -0.577. The number of rotatable bonds is 7. The minimum Gasteiger partial charge on any atom is -0.486 e. The number of benzene rings is 2. The molecule has 0 saturated carbocycles. The van der Waals surface area contributed by atoms with Crippen LogP contribution in [0.25, 0.3) is 10.9 Å². The zero-order valence-electron chi connectivity index (χ0n) is 21.0. The van der Waals surface area contributed by atoms with Gasteiger partial charge in [0, 0.05) is 54.1 Å². The van der Waals surface area contributed by atoms with E-state index in [9.17, 15) is 14.4 Å². The molecule has 0 atom stereocenters. The van der Waals surface area contributed by atoms with Gasteiger partial charge in [-0.25, -0.2) is 0 Å². The maximum Gasteiger partial charge on any atom is 0.176 e. The van der Waals surface area contributed by atoms with Gasteiger partial charge in [0.15, 0.2) is 11.6 Å². The van der Waals surface area contributed by atoms with Crippen LogP contribution in [0.4, 0.5) is 0 Å². The van der Waals surface area contributed by atoms with Crippen molar-refractivity contribution in [3.63, 3.8) is 0 Å². The van der Waals surface area contributed by atoms with Gasteiger partial charge < -0.3 is 19.9 Å². The van der Waals surface area contributed by atoms with Crippen LogP contribution in [0.1, 0.15) is 75.8 Å². The van der Waals surface area contributed by atoms with E-state index in [-0.39, 0.29) is 18.1 Å². The Morgan fingerprint density at radius 1 is 1.17 bits per heavy atom. The van der Waals surface area contributed by atoms with Crippen LogP contribution in [0.5, 0.6) is 5.75 Å². The van der Waals surface area contributed by atoms with Gasteiger partial charge in [0.2, 0.25) is 0 Å². The molecule has 0 amide bonds. The van der Waals surface area contributed by atoms with E-state index >= 15 is 0 Å². The fourth-order valence-electron chi connectivity index (χ4n) is 5.59. The monoisotopic (exact) mass is 487 g/mol. The predicted molar refractivity (Wildman–Crippen MR) is 139 cm³/mol. The standard InChI is InChI=1S/C29H33N3O4/c1-29(2)16-26(34)24-6-5-21(18-33)23(28(24)36-29)10-13-31-11-8-22(9-12-31)32-14-7-19-3-4-20(15-25(19)32)27(35)17-30/h3-7,14-15,18,22H,8-13,16-17,30H2,1-2H3. The van der Waals surface area contributed by atoms with Gasteiger partial charge in [-0.2, -0.15) is 0 Å². The highest BCUT2D eigenvalue weighted by atomic mass is 16.5. The van der Waals surface area contributed by atoms with Gasteiger partial charge in [-0.1, -0.05) is 18.2 Å². The van der Waals surface area contributed by atoms with Crippen LogP contribution < -0.4 is 10.5 Å². The number of nitrogens with zero attached hydrogens (tertiary/aromatic N) is 2. The molecule has 2 N–H and O–H groups in total. The molecule has 0 bridgehead atoms. The molecule has 2 aliphatic rings. The third-order valence-electron chi connectivity index (χ3n) is 7.55. The van der Waals surface area contributed by atoms with E-state index < -0.39 is 5.60 Å². The van der Waals surface area contributed by atoms with E-state index in [0.717, 1.165) is 55.2 Å². The maximum absolute atomic E-state index is 12.7. The van der Waals surface area contributed by atoms with E-state index in [0.29, 0.717) is 41.3 Å². The number of carbonyl (C=O) groups is 3. The SMILES string of the molecule is CC1(C)CC(=O)c2ccc(C=O)c(CCN3CCC(n4ccc5ccc(C(=O)CN)cc54)CC3)c2O1. The Morgan fingerprint density at radius 2 is 1.94 bits per heavy atom. The number of ether oxygens (including phenoxy) is 1. The van der Waals surface area contributed by atoms with Crippen molar-refractivity contribution in [1.82, 2.24) is 9.47 Å². The van der Waals surface area contributed by atoms with E-state index in [1.807, 2.05) is 32.0 Å². The van der Waals surface area contributed by atoms with Crippen molar-refractivity contribution in [3.8, 4) is 5.75 Å². The highest BCUT2D eigenvalue weighted by Crippen LogP contribution is 2.38. The fourth-order valence-corrected chi connectivity index (χ4v) is 5.59. The molecule has 1 saturated heterocycles. The lowest BCUT2D eigenvalue weighted by Gasteiger charge is -2.35. The van der Waals surface area contributed by atoms with Crippen molar-refractivity contribution in [2.45, 2.75) is 51.2 Å². The van der Waals surface area contributed by atoms with E-state index in [4.69, 9.17) is 10.5 Å². The molecule has 7 heteroatoms. The Balaban J connectivity index is 1.28. The van der Waals surface area contributed by atoms with E-state index in [2.05, 4.69) is 21.7 Å². The predicted octanol–water partition coefficient (Wildman–Crippen LogP) is 4.22. The van der Waals surface area contributed by atoms with E-state index in [1.54, 1.807) is 12.1 Å². The number of hydrogen-bond donors (Lipinski definition) is 1. The van der Waals surface area contributed by atoms with Gasteiger partial charge in [0.05, 0.1) is 18.5 Å². The van der Waals surface area contributed by atoms with Crippen molar-refractivity contribution in [1.29, 1.82) is 0 Å². The van der Waals surface area contributed by atoms with Crippen molar-refractivity contribution in [3.05, 3.63) is 64.8 Å². The summed E-state index contributed by atoms with van der Waals surface area (Å²) >= 11 is 0. The van der Waals surface area contributed by atoms with Crippen molar-refractivity contribution < 1.29 is 19.1 Å². The Hall–Kier alpha value is -3.29. The lowest BCUT2D eigenvalue weighted by atomic mass is 9.89. The molecule has 3 heterocycles. The minimum absolute atomic E-state index is 0.0116. The molecule has 2 aliphatic heterocycles. The number of fused-ring (bicyclic) bond motifs is 2. The second-order valence-electron chi connectivity index (χ2n) is 10.5. The summed E-state index contributed by atoms with van der Waals surface area (Å²) in [5.74, 6) is 0.597. The molecule has 7 nitrogen and oxygen atoms in total. The van der Waals surface area contributed by atoms with Crippen molar-refractivity contribution in [2.24, 2.45) is 5.73 Å². The second kappa shape index (κ2) is 9.64. The number of hydrogen-bond acceptors (Lipinski definition) is 6. The largest absolute Gasteiger partial charge is 0.486 e. The molecular formula is C29H33N3O4. The lowest BCUT2D eigenvalue weighted by Crippen LogP contribution is -2.38. The quantitative estimate of drug-likeness (QED) is 0.396. The van der Waals surface area contributed by atoms with Gasteiger partial charge in [0.1, 0.15) is 17.6 Å². The Bertz CT molecular complexity index is 1330. The Kier molecular flexibility index (Phi) is 6.53. The zero-order chi connectivity index (χ0) is 25.4. The first-order valence-corrected chi connectivity index (χ1v) is 12.7. The average Bonchev–Trinajstić information content (AvgIpc) is 3.29. The first kappa shape index (κ1) is 24.4. The highest BCUT2D eigenvalue weighted by Gasteiger charge is 2.34. The highest BCUT2D eigenvalue weighted by molar-refractivity contribution is 6.02. The molecule has 0 unspecified atom stereocenters. The van der Waals surface area contributed by atoms with Crippen LogP contribution in [0.2, 0.25) is 0 Å². The van der Waals surface area contributed by atoms with E-state index in [1.165, 1.54) is 0 Å². The summed E-state index contributed by atoms with van der Waals surface area (Å²) in [4.78, 5) is 39.0. The number of Topliss-reactive ketones (excluding diaryl/α,β-unsaturated/α-hetero) is 2. The van der Waals surface area contributed by atoms with Crippen LogP contribution in [-0.2, 0) is 6.42 Å². The summed E-state index contributed by atoms with van der Waals surface area (Å²) in [7, 11) is 0. The van der Waals surface area contributed by atoms with Gasteiger partial charge >= 0.3 is 0 Å². The number of aromatic nitrogens is 1. The topological polar surface area (TPSA) is 94.6 Å². The summed E-state index contributed by atoms with van der Waals surface area (Å²) < 4.78 is 8.50. The third-order valence-corrected chi connectivity index (χ3v) is 7.55. The molecule has 0 aliphatic carbocycles. The fraction of sp³-hybridized carbons (Fsp3) is 0.414. The Labute approximate surface area is 211 Å². The molecule has 188 valence electrons. The molecule has 1 aromatic heterocycles. The molecule has 0 radical (unpaired) electrons. The molecule has 2 aromatic carbocycles. The number of piperidine rings is 1. The third kappa shape index (κ3) is 4.61. The summed E-state index contributed by atoms with van der Waals surface area (Å²) in [6.45, 7) is 6.50. The number of aldehydes is 1. The molecule has 1 fully saturated rings. The number of likely N-dealkylation sites (tertiary alicyclic amines) is 1. The van der Waals surface area contributed by atoms with Crippen molar-refractivity contribution >= 4 is 28.8 Å². The van der Waals surface area contributed by atoms with Crippen LogP contribution in [0.3, 0.4) is 0 Å². The summed E-state index contributed by atoms with van der Waals surface area (Å²) in [6.07, 6.45) is 5.96. The smallest absolute Gasteiger partial charge is 0.176 e. The Morgan fingerprint density at radius 3 is 2.67 bits per heavy atom. The van der Waals surface area contributed by atoms with Gasteiger partial charge in [-0.05, 0) is 56.7 Å². The van der Waals surface area contributed by atoms with Gasteiger partial charge in [0.25, 0.3) is 0 Å². The maximum atomic E-state index is 12.7. The first-order chi connectivity index (χ1) is 17.3. The summed E-state index contributed by atoms with van der Waals surface area (Å²) in [5.41, 5.74) is 8.72. The normalized spacial score (nSPS) is 18.1. The summed E-state index contributed by atoms with van der Waals surface area (Å²) in [5, 5.41) is 1.12. The number of carbonyl (C=O) groups excluding carboxylic acids is 3. The first-order valence-electron chi connectivity index (χ1n) is 12.7. The number of ketones is 2. The van der Waals surface area contributed by atoms with Crippen LogP contribution >= 0.6 is 0 Å². The van der Waals surface area contributed by atoms with Crippen LogP contribution in [-0.4, -0.2) is 59.1 Å². The summed E-state index contributed by atoms with van der Waals surface area (Å²) in [6, 6.07) is 11.7. The molecule has 5 rings (SSSR count). The second-order valence-corrected chi connectivity index (χ2v) is 10.5. The molecule has 0 spiro atoms. The van der Waals surface area contributed by atoms with Gasteiger partial charge in [-0.3, -0.25) is 14.4 Å². The average molecular weight is 488 g/mol. The van der Waals surface area contributed by atoms with Crippen LogP contribution in [0.15, 0.2) is 42.6 Å². The molecule has 3 aromatic rings. The van der Waals surface area contributed by atoms with Crippen molar-refractivity contribution in [2.75, 3.05) is 26.2 Å². The van der Waals surface area contributed by atoms with Gasteiger partial charge in [-0.15, -0.1) is 0 Å². The lowest BCUT2D eigenvalue weighted by molar-refractivity contribution is 0.0610. The number of nitrogens with two attached hydrogens (primary N) is 1. The van der Waals surface area contributed by atoms with Crippen LogP contribution in [0, 0.1) is 0 Å². The zero-order valence-corrected chi connectivity index (χ0v) is 21.0. The molecular weight excluding hydrogens is 454 g/mol.